The number of hydrogen-bond donors (Lipinski definition) is 1. The third-order valence-corrected chi connectivity index (χ3v) is 5.22. The van der Waals surface area contributed by atoms with E-state index in [0.29, 0.717) is 5.39 Å². The zero-order valence-corrected chi connectivity index (χ0v) is 13.4. The molecule has 2 fully saturated rings. The zero-order chi connectivity index (χ0) is 16.0. The Morgan fingerprint density at radius 2 is 2.13 bits per heavy atom. The van der Waals surface area contributed by atoms with E-state index in [-0.39, 0.29) is 23.3 Å². The van der Waals surface area contributed by atoms with Gasteiger partial charge in [0, 0.05) is 18.1 Å². The molecule has 1 aliphatic carbocycles. The molecule has 1 aliphatic heterocycles. The van der Waals surface area contributed by atoms with Gasteiger partial charge in [0.15, 0.2) is 0 Å². The molecule has 1 atom stereocenters. The molecule has 1 saturated carbocycles. The maximum atomic E-state index is 13.8. The summed E-state index contributed by atoms with van der Waals surface area (Å²) in [6.45, 7) is 5.13. The summed E-state index contributed by atoms with van der Waals surface area (Å²) in [6.07, 6.45) is 5.18. The van der Waals surface area contributed by atoms with Crippen molar-refractivity contribution < 1.29 is 9.18 Å². The number of benzene rings is 1. The second-order valence-electron chi connectivity index (χ2n) is 6.97. The minimum atomic E-state index is -0.344. The Morgan fingerprint density at radius 1 is 1.35 bits per heavy atom. The summed E-state index contributed by atoms with van der Waals surface area (Å²) in [5.41, 5.74) is 0.736. The molecule has 23 heavy (non-hydrogen) atoms. The maximum absolute atomic E-state index is 13.8. The van der Waals surface area contributed by atoms with Crippen LogP contribution in [0.2, 0.25) is 0 Å². The van der Waals surface area contributed by atoms with Crippen molar-refractivity contribution in [3.63, 3.8) is 0 Å². The van der Waals surface area contributed by atoms with E-state index in [2.05, 4.69) is 10.2 Å². The Morgan fingerprint density at radius 3 is 2.78 bits per heavy atom. The van der Waals surface area contributed by atoms with Gasteiger partial charge in [-0.25, -0.2) is 4.39 Å². The van der Waals surface area contributed by atoms with Crippen LogP contribution in [0.3, 0.4) is 0 Å². The summed E-state index contributed by atoms with van der Waals surface area (Å²) in [4.78, 5) is 15.1. The fraction of sp³-hybridized carbons (Fsp3) is 0.500. The van der Waals surface area contributed by atoms with Gasteiger partial charge in [-0.2, -0.15) is 0 Å². The van der Waals surface area contributed by atoms with Crippen LogP contribution in [0.15, 0.2) is 30.5 Å². The molecular formula is C18H22FN3O. The first-order chi connectivity index (χ1) is 11.1. The molecule has 4 rings (SSSR count). The van der Waals surface area contributed by atoms with Crippen LogP contribution in [-0.2, 0) is 4.79 Å². The molecule has 1 unspecified atom stereocenters. The molecule has 1 aromatic carbocycles. The molecule has 2 heterocycles. The van der Waals surface area contributed by atoms with E-state index in [1.165, 1.54) is 12.5 Å². The minimum Gasteiger partial charge on any atom is -0.348 e. The van der Waals surface area contributed by atoms with Crippen LogP contribution < -0.4 is 5.32 Å². The van der Waals surface area contributed by atoms with Crippen LogP contribution in [0.1, 0.15) is 32.2 Å². The lowest BCUT2D eigenvalue weighted by atomic mass is 10.1. The summed E-state index contributed by atoms with van der Waals surface area (Å²) < 4.78 is 15.7. The first kappa shape index (κ1) is 14.7. The van der Waals surface area contributed by atoms with Gasteiger partial charge < -0.3 is 14.8 Å². The summed E-state index contributed by atoms with van der Waals surface area (Å²) in [6, 6.07) is 6.38. The van der Waals surface area contributed by atoms with Gasteiger partial charge >= 0.3 is 0 Å². The molecule has 1 N–H and O–H groups in total. The highest BCUT2D eigenvalue weighted by molar-refractivity contribution is 5.86. The number of fused-ring (bicyclic) bond motifs is 1. The number of halogens is 1. The maximum Gasteiger partial charge on any atom is 0.243 e. The number of carbonyl (C=O) groups is 1. The second kappa shape index (κ2) is 5.34. The monoisotopic (exact) mass is 315 g/mol. The van der Waals surface area contributed by atoms with Crippen molar-refractivity contribution in [1.82, 2.24) is 14.8 Å². The summed E-state index contributed by atoms with van der Waals surface area (Å²) >= 11 is 0. The third kappa shape index (κ3) is 2.63. The van der Waals surface area contributed by atoms with Crippen molar-refractivity contribution in [3.05, 3.63) is 36.3 Å². The van der Waals surface area contributed by atoms with E-state index < -0.39 is 0 Å². The number of nitrogens with one attached hydrogen (secondary N) is 1. The van der Waals surface area contributed by atoms with E-state index in [4.69, 9.17) is 0 Å². The summed E-state index contributed by atoms with van der Waals surface area (Å²) in [5, 5.41) is 3.80. The average molecular weight is 315 g/mol. The fourth-order valence-corrected chi connectivity index (χ4v) is 3.42. The van der Waals surface area contributed by atoms with Gasteiger partial charge in [0.1, 0.15) is 11.9 Å². The van der Waals surface area contributed by atoms with Crippen molar-refractivity contribution in [1.29, 1.82) is 0 Å². The molecule has 5 heteroatoms. The lowest BCUT2D eigenvalue weighted by molar-refractivity contribution is -0.125. The highest BCUT2D eigenvalue weighted by Gasteiger charge is 2.46. The number of carbonyl (C=O) groups excluding carboxylic acids is 1. The van der Waals surface area contributed by atoms with Gasteiger partial charge in [-0.3, -0.25) is 4.79 Å². The third-order valence-electron chi connectivity index (χ3n) is 5.22. The molecule has 1 aromatic heterocycles. The molecule has 0 radical (unpaired) electrons. The number of likely N-dealkylation sites (tertiary alicyclic amines) is 1. The Balaban J connectivity index is 1.50. The van der Waals surface area contributed by atoms with Crippen molar-refractivity contribution >= 4 is 16.8 Å². The lowest BCUT2D eigenvalue weighted by Crippen LogP contribution is -2.51. The van der Waals surface area contributed by atoms with Gasteiger partial charge in [0.05, 0.1) is 11.1 Å². The smallest absolute Gasteiger partial charge is 0.243 e. The Bertz CT molecular complexity index is 746. The number of hydrogen-bond acceptors (Lipinski definition) is 2. The quantitative estimate of drug-likeness (QED) is 0.921. The highest BCUT2D eigenvalue weighted by atomic mass is 19.1. The molecule has 1 amide bonds. The average Bonchev–Trinajstić information content (AvgIpc) is 3.10. The zero-order valence-electron chi connectivity index (χ0n) is 13.4. The highest BCUT2D eigenvalue weighted by Crippen LogP contribution is 2.37. The fourth-order valence-electron chi connectivity index (χ4n) is 3.42. The van der Waals surface area contributed by atoms with Crippen molar-refractivity contribution in [2.45, 2.75) is 37.8 Å². The molecule has 4 nitrogen and oxygen atoms in total. The van der Waals surface area contributed by atoms with Gasteiger partial charge in [0.2, 0.25) is 5.91 Å². The van der Waals surface area contributed by atoms with Crippen molar-refractivity contribution in [2.75, 3.05) is 19.6 Å². The van der Waals surface area contributed by atoms with Crippen LogP contribution in [-0.4, -0.2) is 40.5 Å². The van der Waals surface area contributed by atoms with Crippen LogP contribution in [0.5, 0.6) is 0 Å². The van der Waals surface area contributed by atoms with Gasteiger partial charge in [-0.1, -0.05) is 6.07 Å². The molecule has 2 aromatic rings. The van der Waals surface area contributed by atoms with Crippen LogP contribution in [0.4, 0.5) is 4.39 Å². The van der Waals surface area contributed by atoms with E-state index in [9.17, 15) is 9.18 Å². The predicted octanol–water partition coefficient (Wildman–Crippen LogP) is 2.70. The molecule has 122 valence electrons. The van der Waals surface area contributed by atoms with E-state index >= 15 is 0 Å². The minimum absolute atomic E-state index is 0.0183. The molecular weight excluding hydrogens is 293 g/mol. The number of rotatable bonds is 5. The normalized spacial score (nSPS) is 21.0. The van der Waals surface area contributed by atoms with E-state index in [1.807, 2.05) is 17.6 Å². The second-order valence-corrected chi connectivity index (χ2v) is 6.97. The molecule has 2 aliphatic rings. The largest absolute Gasteiger partial charge is 0.348 e. The number of aromatic nitrogens is 1. The standard InChI is InChI=1S/C18H22FN3O/c1-13(22-11-6-14-15(19)4-2-5-16(14)22)17(23)20-18(7-8-18)12-21-9-3-10-21/h2,4-6,11,13H,3,7-10,12H2,1H3,(H,20,23). The number of amides is 1. The molecule has 1 saturated heterocycles. The Labute approximate surface area is 135 Å². The molecule has 0 spiro atoms. The van der Waals surface area contributed by atoms with Crippen molar-refractivity contribution in [3.8, 4) is 0 Å². The molecule has 0 bridgehead atoms. The van der Waals surface area contributed by atoms with Crippen LogP contribution >= 0.6 is 0 Å². The SMILES string of the molecule is CC(C(=O)NC1(CN2CCC2)CC1)n1ccc2c(F)cccc21. The van der Waals surface area contributed by atoms with Gasteiger partial charge in [0.25, 0.3) is 0 Å². The van der Waals surface area contributed by atoms with Crippen LogP contribution in [0, 0.1) is 5.82 Å². The van der Waals surface area contributed by atoms with Gasteiger partial charge in [-0.15, -0.1) is 0 Å². The van der Waals surface area contributed by atoms with E-state index in [0.717, 1.165) is 38.0 Å². The Kier molecular flexibility index (Phi) is 3.41. The topological polar surface area (TPSA) is 37.3 Å². The summed E-state index contributed by atoms with van der Waals surface area (Å²) in [7, 11) is 0. The number of nitrogens with zero attached hydrogens (tertiary/aromatic N) is 2. The first-order valence-electron chi connectivity index (χ1n) is 8.37. The van der Waals surface area contributed by atoms with Gasteiger partial charge in [-0.05, 0) is 57.5 Å². The van der Waals surface area contributed by atoms with Crippen molar-refractivity contribution in [2.24, 2.45) is 0 Å². The Hall–Kier alpha value is -1.88. The summed E-state index contributed by atoms with van der Waals surface area (Å²) in [5.74, 6) is -0.227. The van der Waals surface area contributed by atoms with Crippen LogP contribution in [0.25, 0.3) is 10.9 Å². The predicted molar refractivity (Wildman–Crippen MR) is 87.8 cm³/mol. The first-order valence-corrected chi connectivity index (χ1v) is 8.37. The van der Waals surface area contributed by atoms with E-state index in [1.54, 1.807) is 18.3 Å². The lowest BCUT2D eigenvalue weighted by Gasteiger charge is -2.35.